The van der Waals surface area contributed by atoms with E-state index >= 15 is 0 Å². The first-order valence-electron chi connectivity index (χ1n) is 29.0. The zero-order valence-electron chi connectivity index (χ0n) is 50.5. The highest BCUT2D eigenvalue weighted by Gasteiger charge is 2.63. The van der Waals surface area contributed by atoms with Crippen LogP contribution in [-0.2, 0) is 95.5 Å². The second kappa shape index (κ2) is 33.2. The summed E-state index contributed by atoms with van der Waals surface area (Å²) in [5.74, 6) is -14.6. The van der Waals surface area contributed by atoms with E-state index in [0.717, 1.165) is 27.7 Å². The van der Waals surface area contributed by atoms with Crippen molar-refractivity contribution in [2.75, 3.05) is 39.6 Å². The first kappa shape index (κ1) is 79.6. The van der Waals surface area contributed by atoms with Crippen molar-refractivity contribution in [3.8, 4) is 0 Å². The molecule has 6 fully saturated rings. The fourth-order valence-electron chi connectivity index (χ4n) is 11.6. The number of aliphatic hydroxyl groups is 17. The monoisotopic (exact) mass is 1410 g/mol. The van der Waals surface area contributed by atoms with Gasteiger partial charge in [-0.05, 0) is 0 Å². The molecule has 6 rings (SSSR count). The van der Waals surface area contributed by atoms with Crippen LogP contribution >= 0.6 is 0 Å². The third-order valence-electron chi connectivity index (χ3n) is 16.2. The maximum atomic E-state index is 13.1. The number of nitrogens with one attached hydrogen (secondary N) is 4. The van der Waals surface area contributed by atoms with Crippen LogP contribution in [0.2, 0.25) is 0 Å². The van der Waals surface area contributed by atoms with Gasteiger partial charge in [0.25, 0.3) is 11.6 Å². The molecule has 0 spiro atoms. The van der Waals surface area contributed by atoms with Crippen molar-refractivity contribution in [3.05, 3.63) is 0 Å². The van der Waals surface area contributed by atoms with E-state index in [1.54, 1.807) is 0 Å². The first-order chi connectivity index (χ1) is 44.3. The summed E-state index contributed by atoms with van der Waals surface area (Å²) in [6.07, 6.45) is -60.6. The standard InChI is InChI=1S/C50H82N4O40S/c1-13(59)51-25-17(63)5-49(47(76)77,91-39(25)29(67)19(65)7-55)93-41-31(69)21(9-57)86-45(35(41)73)90-38-28(54-16(4)62)43(75)85-23(32(38)70)11-83-44-27(53-15(3)61)34(72)37(22(10-58)87-44)89-46-36(74)42(33(71)24(88-46)12-84-95(80,81)82)94-50(48(78)79)6-18(64)26(52-14(2)60)40(92-50)30(68)20(66)8-56/h17-46,55-58,63-75H,5-12H2,1-4H3,(H,51,59)(H,52,60)(H,53,61)(H,54,62)(H,76,77)(H,78,79)(H,80,81,82)/t17-,18-,19+,20+,21+,22+,23+,24+,25+,26+,27+,28+,29+,30+,31-,32-,33-,34+,35+,36+,37+,38+,39+,40+,41-,42-,43+,44+,45-,46-,49-,50-/m0/s1. The van der Waals surface area contributed by atoms with Gasteiger partial charge in [-0.25, -0.2) is 13.8 Å². The summed E-state index contributed by atoms with van der Waals surface area (Å²) in [6, 6.07) is -7.31. The van der Waals surface area contributed by atoms with Crippen molar-refractivity contribution in [2.45, 2.75) is 236 Å². The van der Waals surface area contributed by atoms with E-state index in [-0.39, 0.29) is 0 Å². The van der Waals surface area contributed by atoms with Gasteiger partial charge in [0.05, 0.1) is 63.9 Å². The number of amides is 4. The van der Waals surface area contributed by atoms with Crippen molar-refractivity contribution in [2.24, 2.45) is 0 Å². The summed E-state index contributed by atoms with van der Waals surface area (Å²) in [6.45, 7) is -3.57. The van der Waals surface area contributed by atoms with E-state index < -0.39 is 294 Å². The molecular weight excluding hydrogens is 1330 g/mol. The van der Waals surface area contributed by atoms with E-state index in [1.807, 2.05) is 0 Å². The quantitative estimate of drug-likeness (QED) is 0.0324. The molecule has 6 aliphatic heterocycles. The van der Waals surface area contributed by atoms with E-state index in [1.165, 1.54) is 0 Å². The molecule has 44 nitrogen and oxygen atoms in total. The number of aliphatic carboxylic acids is 2. The summed E-state index contributed by atoms with van der Waals surface area (Å²) in [7, 11) is -5.43. The van der Waals surface area contributed by atoms with Crippen LogP contribution in [0.4, 0.5) is 0 Å². The van der Waals surface area contributed by atoms with E-state index in [9.17, 15) is 139 Å². The summed E-state index contributed by atoms with van der Waals surface area (Å²) >= 11 is 0. The van der Waals surface area contributed by atoms with Crippen LogP contribution in [0.5, 0.6) is 0 Å². The Hall–Kier alpha value is -4.43. The molecule has 0 unspecified atom stereocenters. The minimum atomic E-state index is -5.43. The average molecular weight is 1410 g/mol. The predicted octanol–water partition coefficient (Wildman–Crippen LogP) is -15.3. The fraction of sp³-hybridized carbons (Fsp3) is 0.880. The molecule has 0 radical (unpaired) electrons. The van der Waals surface area contributed by atoms with Gasteiger partial charge >= 0.3 is 22.3 Å². The maximum Gasteiger partial charge on any atom is 0.397 e. The minimum Gasteiger partial charge on any atom is -0.477 e. The Labute approximate surface area is 536 Å². The van der Waals surface area contributed by atoms with E-state index in [0.29, 0.717) is 0 Å². The number of carbonyl (C=O) groups is 6. The number of rotatable bonds is 28. The molecular formula is C50H82N4O40S. The average Bonchev–Trinajstić information content (AvgIpc) is 0.762. The lowest BCUT2D eigenvalue weighted by atomic mass is 9.88. The summed E-state index contributed by atoms with van der Waals surface area (Å²) in [5.41, 5.74) is 0. The lowest BCUT2D eigenvalue weighted by molar-refractivity contribution is -0.384. The van der Waals surface area contributed by atoms with Crippen LogP contribution in [0.3, 0.4) is 0 Å². The Morgan fingerprint density at radius 1 is 0.484 bits per heavy atom. The summed E-state index contributed by atoms with van der Waals surface area (Å²) < 4.78 is 100. The Morgan fingerprint density at radius 3 is 1.27 bits per heavy atom. The van der Waals surface area contributed by atoms with Gasteiger partial charge in [0, 0.05) is 40.5 Å². The van der Waals surface area contributed by atoms with E-state index in [2.05, 4.69) is 25.5 Å². The molecule has 0 aromatic carbocycles. The van der Waals surface area contributed by atoms with Crippen LogP contribution in [0.1, 0.15) is 40.5 Å². The van der Waals surface area contributed by atoms with Crippen LogP contribution in [0.15, 0.2) is 0 Å². The maximum absolute atomic E-state index is 13.1. The van der Waals surface area contributed by atoms with Crippen molar-refractivity contribution in [1.82, 2.24) is 21.3 Å². The number of carboxylic acids is 2. The molecule has 0 saturated carbocycles. The molecule has 32 atom stereocenters. The first-order valence-corrected chi connectivity index (χ1v) is 30.4. The molecule has 95 heavy (non-hydrogen) atoms. The largest absolute Gasteiger partial charge is 0.477 e. The van der Waals surface area contributed by atoms with Crippen molar-refractivity contribution in [3.63, 3.8) is 0 Å². The fourth-order valence-corrected chi connectivity index (χ4v) is 11.9. The van der Waals surface area contributed by atoms with E-state index in [4.69, 9.17) is 52.1 Å². The molecule has 0 aliphatic carbocycles. The third kappa shape index (κ3) is 18.5. The van der Waals surface area contributed by atoms with Crippen molar-refractivity contribution >= 4 is 46.0 Å². The molecule has 6 heterocycles. The van der Waals surface area contributed by atoms with Gasteiger partial charge in [0.15, 0.2) is 25.2 Å². The van der Waals surface area contributed by atoms with Gasteiger partial charge in [-0.3, -0.25) is 23.7 Å². The summed E-state index contributed by atoms with van der Waals surface area (Å²) in [4.78, 5) is 75.8. The lowest BCUT2D eigenvalue weighted by Crippen LogP contribution is -2.71. The number of hydrogen-bond acceptors (Lipinski definition) is 37. The molecule has 4 amide bonds. The highest BCUT2D eigenvalue weighted by atomic mass is 32.3. The number of ether oxygens (including phenoxy) is 11. The number of carboxylic acid groups (broad SMARTS) is 2. The van der Waals surface area contributed by atoms with Crippen molar-refractivity contribution in [1.29, 1.82) is 0 Å². The minimum absolute atomic E-state index is 0.860. The second-order valence-corrected chi connectivity index (χ2v) is 24.2. The second-order valence-electron chi connectivity index (χ2n) is 23.1. The third-order valence-corrected chi connectivity index (χ3v) is 16.6. The molecule has 0 bridgehead atoms. The normalized spacial score (nSPS) is 42.3. The number of carbonyl (C=O) groups excluding carboxylic acids is 4. The number of hydrogen-bond donors (Lipinski definition) is 24. The Balaban J connectivity index is 1.26. The van der Waals surface area contributed by atoms with Crippen LogP contribution < -0.4 is 21.3 Å². The molecule has 24 N–H and O–H groups in total. The zero-order valence-corrected chi connectivity index (χ0v) is 51.3. The van der Waals surface area contributed by atoms with Crippen LogP contribution in [0, 0.1) is 0 Å². The van der Waals surface area contributed by atoms with Crippen molar-refractivity contribution < 1.29 is 195 Å². The van der Waals surface area contributed by atoms with Gasteiger partial charge in [-0.15, -0.1) is 0 Å². The van der Waals surface area contributed by atoms with Gasteiger partial charge in [-0.1, -0.05) is 0 Å². The lowest BCUT2D eigenvalue weighted by Gasteiger charge is -2.51. The molecule has 6 saturated heterocycles. The Bertz CT molecular complexity index is 2710. The highest BCUT2D eigenvalue weighted by Crippen LogP contribution is 2.41. The molecule has 45 heteroatoms. The van der Waals surface area contributed by atoms with Gasteiger partial charge in [-0.2, -0.15) is 8.42 Å². The predicted molar refractivity (Wildman–Crippen MR) is 290 cm³/mol. The SMILES string of the molecule is CC(=O)N[C@@H]1[C@@H](O[C@@H]2O[C@H](CO)[C@H](O)[C@H](O[C@]3(C(=O)O)C[C@H](O)[C@@H](NC(C)=O)[C@H]([C@H](O)[C@H](O)CO)O3)[C@H]2O)[C@@H](O)[C@@H](CO[C@@H]2O[C@H](CO)[C@@H](O[C@@H]3O[C@H](COS(=O)(=O)O)[C@H](O)[C@H](O[C@]4(C(=O)O)C[C@H](O)[C@@H](NC(C)=O)[C@H]([C@H](O)[C@H](O)CO)O4)[C@H]3O)[C@H](O)[C@H]2NC(C)=O)O[C@H]1O. The molecule has 0 aromatic rings. The van der Waals surface area contributed by atoms with Gasteiger partial charge < -0.3 is 170 Å². The molecule has 6 aliphatic rings. The Morgan fingerprint density at radius 2 is 0.863 bits per heavy atom. The van der Waals surface area contributed by atoms with Crippen LogP contribution in [0.25, 0.3) is 0 Å². The van der Waals surface area contributed by atoms with Gasteiger partial charge in [0.1, 0.15) is 134 Å². The van der Waals surface area contributed by atoms with Gasteiger partial charge in [0.2, 0.25) is 23.6 Å². The summed E-state index contributed by atoms with van der Waals surface area (Å²) in [5, 5.41) is 217. The topological polar surface area (TPSA) is 700 Å². The smallest absolute Gasteiger partial charge is 0.397 e. The Kier molecular flexibility index (Phi) is 27.8. The van der Waals surface area contributed by atoms with Crippen LogP contribution in [-0.4, -0.2) is 380 Å². The molecule has 0 aromatic heterocycles. The molecule has 548 valence electrons. The highest BCUT2D eigenvalue weighted by molar-refractivity contribution is 7.80. The zero-order chi connectivity index (χ0) is 71.3. The number of aliphatic hydroxyl groups excluding tert-OH is 17.